The van der Waals surface area contributed by atoms with Gasteiger partial charge in [0.05, 0.1) is 33.8 Å². The molecular weight excluding hydrogens is 479 g/mol. The lowest BCUT2D eigenvalue weighted by Gasteiger charge is -2.28. The zero-order valence-corrected chi connectivity index (χ0v) is 20.2. The molecule has 2 aromatic carbocycles. The molecule has 0 spiro atoms. The van der Waals surface area contributed by atoms with Gasteiger partial charge in [-0.05, 0) is 56.5 Å². The average molecular weight is 503 g/mol. The van der Waals surface area contributed by atoms with Crippen molar-refractivity contribution in [3.63, 3.8) is 0 Å². The Morgan fingerprint density at radius 3 is 2.26 bits per heavy atom. The molecule has 1 aliphatic heterocycles. The molecule has 2 aliphatic rings. The molecule has 4 rings (SSSR count). The van der Waals surface area contributed by atoms with Gasteiger partial charge in [0.25, 0.3) is 5.91 Å². The Bertz CT molecular complexity index is 1140. The van der Waals surface area contributed by atoms with Gasteiger partial charge in [-0.2, -0.15) is 0 Å². The number of aryl methyl sites for hydroxylation is 2. The third kappa shape index (κ3) is 4.81. The van der Waals surface area contributed by atoms with Gasteiger partial charge in [0, 0.05) is 5.69 Å². The van der Waals surface area contributed by atoms with Crippen LogP contribution in [-0.4, -0.2) is 41.1 Å². The van der Waals surface area contributed by atoms with Gasteiger partial charge < -0.3 is 10.1 Å². The van der Waals surface area contributed by atoms with E-state index in [4.69, 9.17) is 27.9 Å². The molecule has 1 saturated heterocycles. The Morgan fingerprint density at radius 1 is 1.00 bits per heavy atom. The number of ether oxygens (including phenoxy) is 1. The minimum absolute atomic E-state index is 0.123. The number of anilines is 2. The standard InChI is InChI=1S/C25H24Cl2N2O5/c1-13-6-7-21(14(2)8-13)28-22(30)12-34-25(33)15-4-3-5-16(9-15)29-23(31)17-10-19(26)20(27)11-18(17)24(29)32/h3-9,17-20H,10-12H2,1-2H3,(H,28,30)/t17-,18+,19-,20-/m0/s1. The summed E-state index contributed by atoms with van der Waals surface area (Å²) < 4.78 is 5.15. The fraction of sp³-hybridized carbons (Fsp3) is 0.360. The molecule has 178 valence electrons. The van der Waals surface area contributed by atoms with Crippen molar-refractivity contribution in [2.75, 3.05) is 16.8 Å². The van der Waals surface area contributed by atoms with Crippen LogP contribution in [0.1, 0.15) is 34.3 Å². The Morgan fingerprint density at radius 2 is 1.65 bits per heavy atom. The number of nitrogens with one attached hydrogen (secondary N) is 1. The van der Waals surface area contributed by atoms with Crippen molar-refractivity contribution < 1.29 is 23.9 Å². The van der Waals surface area contributed by atoms with E-state index in [0.29, 0.717) is 18.5 Å². The van der Waals surface area contributed by atoms with Crippen molar-refractivity contribution in [3.05, 3.63) is 59.2 Å². The van der Waals surface area contributed by atoms with Gasteiger partial charge in [-0.3, -0.25) is 19.3 Å². The molecule has 0 aromatic heterocycles. The lowest BCUT2D eigenvalue weighted by molar-refractivity contribution is -0.122. The first-order valence-electron chi connectivity index (χ1n) is 11.0. The Kier molecular flexibility index (Phi) is 6.96. The normalized spacial score (nSPS) is 24.1. The second-order valence-electron chi connectivity index (χ2n) is 8.72. The summed E-state index contributed by atoms with van der Waals surface area (Å²) in [5.41, 5.74) is 3.00. The molecule has 1 aliphatic carbocycles. The summed E-state index contributed by atoms with van der Waals surface area (Å²) in [4.78, 5) is 51.8. The van der Waals surface area contributed by atoms with Crippen molar-refractivity contribution in [2.45, 2.75) is 37.4 Å². The number of rotatable bonds is 5. The molecule has 9 heteroatoms. The maximum absolute atomic E-state index is 13.0. The van der Waals surface area contributed by atoms with E-state index >= 15 is 0 Å². The SMILES string of the molecule is Cc1ccc(NC(=O)COC(=O)c2cccc(N3C(=O)[C@H]4C[C@H](Cl)[C@@H](Cl)C[C@H]4C3=O)c2)c(C)c1. The lowest BCUT2D eigenvalue weighted by atomic mass is 9.80. The zero-order chi connectivity index (χ0) is 24.6. The van der Waals surface area contributed by atoms with Crippen LogP contribution in [0.15, 0.2) is 42.5 Å². The zero-order valence-electron chi connectivity index (χ0n) is 18.7. The molecule has 3 amide bonds. The first-order chi connectivity index (χ1) is 16.2. The van der Waals surface area contributed by atoms with Crippen LogP contribution < -0.4 is 10.2 Å². The predicted molar refractivity (Wildman–Crippen MR) is 129 cm³/mol. The summed E-state index contributed by atoms with van der Waals surface area (Å²) in [6.45, 7) is 3.35. The van der Waals surface area contributed by atoms with Gasteiger partial charge in [0.1, 0.15) is 0 Å². The first kappa shape index (κ1) is 24.2. The molecular formula is C25H24Cl2N2O5. The summed E-state index contributed by atoms with van der Waals surface area (Å²) in [6, 6.07) is 11.6. The van der Waals surface area contributed by atoms with Gasteiger partial charge in [0.2, 0.25) is 11.8 Å². The third-order valence-corrected chi connectivity index (χ3v) is 7.34. The second-order valence-corrected chi connectivity index (χ2v) is 9.84. The number of hydrogen-bond donors (Lipinski definition) is 1. The summed E-state index contributed by atoms with van der Waals surface area (Å²) in [5.74, 6) is -2.94. The highest BCUT2D eigenvalue weighted by Crippen LogP contribution is 2.43. The van der Waals surface area contributed by atoms with E-state index in [9.17, 15) is 19.2 Å². The van der Waals surface area contributed by atoms with Gasteiger partial charge >= 0.3 is 5.97 Å². The van der Waals surface area contributed by atoms with E-state index in [-0.39, 0.29) is 33.8 Å². The predicted octanol–water partition coefficient (Wildman–Crippen LogP) is 4.21. The van der Waals surface area contributed by atoms with Gasteiger partial charge in [-0.25, -0.2) is 4.79 Å². The summed E-state index contributed by atoms with van der Waals surface area (Å²) in [6.07, 6.45) is 0.664. The fourth-order valence-electron chi connectivity index (χ4n) is 4.48. The smallest absolute Gasteiger partial charge is 0.338 e. The molecule has 0 unspecified atom stereocenters. The van der Waals surface area contributed by atoms with E-state index in [0.717, 1.165) is 16.0 Å². The van der Waals surface area contributed by atoms with Gasteiger partial charge in [-0.15, -0.1) is 23.2 Å². The number of benzene rings is 2. The minimum atomic E-state index is -0.740. The number of hydrogen-bond acceptors (Lipinski definition) is 5. The quantitative estimate of drug-likeness (QED) is 0.375. The molecule has 0 radical (unpaired) electrons. The number of nitrogens with zero attached hydrogens (tertiary/aromatic N) is 1. The van der Waals surface area contributed by atoms with E-state index in [2.05, 4.69) is 5.32 Å². The van der Waals surface area contributed by atoms with Crippen LogP contribution in [0.3, 0.4) is 0 Å². The van der Waals surface area contributed by atoms with E-state index < -0.39 is 30.3 Å². The molecule has 1 heterocycles. The van der Waals surface area contributed by atoms with Crippen molar-refractivity contribution in [1.82, 2.24) is 0 Å². The highest BCUT2D eigenvalue weighted by molar-refractivity contribution is 6.31. The van der Waals surface area contributed by atoms with E-state index in [1.165, 1.54) is 12.1 Å². The van der Waals surface area contributed by atoms with Gasteiger partial charge in [-0.1, -0.05) is 23.8 Å². The largest absolute Gasteiger partial charge is 0.452 e. The monoisotopic (exact) mass is 502 g/mol. The van der Waals surface area contributed by atoms with Crippen LogP contribution in [0.4, 0.5) is 11.4 Å². The highest BCUT2D eigenvalue weighted by Gasteiger charge is 2.52. The van der Waals surface area contributed by atoms with Crippen molar-refractivity contribution >= 4 is 58.3 Å². The number of esters is 1. The van der Waals surface area contributed by atoms with Crippen LogP contribution in [0.25, 0.3) is 0 Å². The summed E-state index contributed by atoms with van der Waals surface area (Å²) >= 11 is 12.5. The van der Waals surface area contributed by atoms with Crippen LogP contribution >= 0.6 is 23.2 Å². The lowest BCUT2D eigenvalue weighted by Crippen LogP contribution is -2.34. The Hall–Kier alpha value is -2.90. The summed E-state index contributed by atoms with van der Waals surface area (Å²) in [5, 5.41) is 1.95. The van der Waals surface area contributed by atoms with Crippen LogP contribution in [0.5, 0.6) is 0 Å². The van der Waals surface area contributed by atoms with Crippen LogP contribution in [0.2, 0.25) is 0 Å². The Labute approximate surface area is 207 Å². The average Bonchev–Trinajstić information content (AvgIpc) is 3.03. The third-order valence-electron chi connectivity index (χ3n) is 6.24. The molecule has 7 nitrogen and oxygen atoms in total. The number of alkyl halides is 2. The van der Waals surface area contributed by atoms with Crippen molar-refractivity contribution in [2.24, 2.45) is 11.8 Å². The molecule has 2 fully saturated rings. The number of halogens is 2. The highest BCUT2D eigenvalue weighted by atomic mass is 35.5. The van der Waals surface area contributed by atoms with Crippen molar-refractivity contribution in [1.29, 1.82) is 0 Å². The molecule has 2 aromatic rings. The maximum Gasteiger partial charge on any atom is 0.338 e. The van der Waals surface area contributed by atoms with E-state index in [1.807, 2.05) is 26.0 Å². The molecule has 1 N–H and O–H groups in total. The number of fused-ring (bicyclic) bond motifs is 1. The second kappa shape index (κ2) is 9.76. The number of carbonyl (C=O) groups excluding carboxylic acids is 4. The fourth-order valence-corrected chi connectivity index (χ4v) is 5.07. The molecule has 0 bridgehead atoms. The minimum Gasteiger partial charge on any atom is -0.452 e. The molecule has 1 saturated carbocycles. The summed E-state index contributed by atoms with van der Waals surface area (Å²) in [7, 11) is 0. The molecule has 4 atom stereocenters. The Balaban J connectivity index is 1.42. The first-order valence-corrected chi connectivity index (χ1v) is 11.8. The van der Waals surface area contributed by atoms with Gasteiger partial charge in [0.15, 0.2) is 6.61 Å². The van der Waals surface area contributed by atoms with Crippen molar-refractivity contribution in [3.8, 4) is 0 Å². The van der Waals surface area contributed by atoms with Crippen LogP contribution in [-0.2, 0) is 19.1 Å². The number of carbonyl (C=O) groups is 4. The number of imide groups is 1. The molecule has 34 heavy (non-hydrogen) atoms. The van der Waals surface area contributed by atoms with E-state index in [1.54, 1.807) is 18.2 Å². The number of amides is 3. The van der Waals surface area contributed by atoms with Crippen LogP contribution in [0, 0.1) is 25.7 Å². The maximum atomic E-state index is 13.0. The topological polar surface area (TPSA) is 92.8 Å².